The molecular formula is C16H24O2. The molecule has 2 heteroatoms. The number of carbonyl (C=O) groups is 1. The van der Waals surface area contributed by atoms with Gasteiger partial charge in [-0.2, -0.15) is 0 Å². The van der Waals surface area contributed by atoms with E-state index in [1.807, 2.05) is 6.08 Å². The van der Waals surface area contributed by atoms with Crippen LogP contribution in [-0.4, -0.2) is 12.4 Å². The fraction of sp³-hybridized carbons (Fsp3) is 0.812. The second-order valence-electron chi connectivity index (χ2n) is 6.24. The maximum absolute atomic E-state index is 12.4. The molecule has 0 spiro atoms. The van der Waals surface area contributed by atoms with Crippen molar-refractivity contribution in [2.45, 2.75) is 57.8 Å². The Bertz CT molecular complexity index is 345. The summed E-state index contributed by atoms with van der Waals surface area (Å²) in [5.74, 6) is 2.99. The van der Waals surface area contributed by atoms with E-state index in [-0.39, 0.29) is 5.92 Å². The third-order valence-corrected chi connectivity index (χ3v) is 5.09. The van der Waals surface area contributed by atoms with Crippen molar-refractivity contribution in [1.29, 1.82) is 0 Å². The molecule has 0 aromatic rings. The van der Waals surface area contributed by atoms with Crippen molar-refractivity contribution in [3.05, 3.63) is 11.8 Å². The molecule has 18 heavy (non-hydrogen) atoms. The summed E-state index contributed by atoms with van der Waals surface area (Å²) < 4.78 is 5.54. The minimum Gasteiger partial charge on any atom is -0.490 e. The first-order valence-electron chi connectivity index (χ1n) is 7.72. The molecule has 100 valence electrons. The molecule has 0 saturated heterocycles. The number of rotatable bonds is 2. The number of fused-ring (bicyclic) bond motifs is 1. The van der Waals surface area contributed by atoms with E-state index < -0.39 is 0 Å². The minimum atomic E-state index is 0.258. The average molecular weight is 248 g/mol. The molecule has 1 aliphatic heterocycles. The Balaban J connectivity index is 1.63. The number of hydrogen-bond acceptors (Lipinski definition) is 2. The van der Waals surface area contributed by atoms with Gasteiger partial charge in [-0.25, -0.2) is 0 Å². The molecule has 0 radical (unpaired) electrons. The predicted octanol–water partition coefficient (Wildman–Crippen LogP) is 3.86. The second kappa shape index (κ2) is 5.46. The maximum atomic E-state index is 12.4. The van der Waals surface area contributed by atoms with E-state index in [1.165, 1.54) is 32.1 Å². The van der Waals surface area contributed by atoms with Gasteiger partial charge < -0.3 is 4.74 Å². The predicted molar refractivity (Wildman–Crippen MR) is 71.1 cm³/mol. The summed E-state index contributed by atoms with van der Waals surface area (Å²) in [6.07, 6.45) is 13.1. The summed E-state index contributed by atoms with van der Waals surface area (Å²) in [4.78, 5) is 12.4. The maximum Gasteiger partial charge on any atom is 0.200 e. The van der Waals surface area contributed by atoms with Crippen LogP contribution >= 0.6 is 0 Å². The first kappa shape index (κ1) is 12.3. The number of carbonyl (C=O) groups excluding carboxylic acids is 1. The summed E-state index contributed by atoms with van der Waals surface area (Å²) in [6, 6.07) is 0. The monoisotopic (exact) mass is 248 g/mol. The smallest absolute Gasteiger partial charge is 0.200 e. The van der Waals surface area contributed by atoms with Crippen molar-refractivity contribution in [2.75, 3.05) is 6.61 Å². The van der Waals surface area contributed by atoms with E-state index in [1.54, 1.807) is 0 Å². The van der Waals surface area contributed by atoms with Crippen LogP contribution in [0.5, 0.6) is 0 Å². The van der Waals surface area contributed by atoms with Gasteiger partial charge in [-0.1, -0.05) is 25.7 Å². The lowest BCUT2D eigenvalue weighted by Crippen LogP contribution is -2.32. The van der Waals surface area contributed by atoms with Crippen LogP contribution in [0.4, 0.5) is 0 Å². The van der Waals surface area contributed by atoms with E-state index in [0.29, 0.717) is 11.5 Å². The Kier molecular flexibility index (Phi) is 3.72. The standard InChI is InChI=1S/C16H24O2/c17-16(15-7-3-4-10-18-15)14-9-8-12-5-1-2-6-13(12)11-14/h7,12-14H,1-6,8-11H2. The normalized spacial score (nSPS) is 36.2. The largest absolute Gasteiger partial charge is 0.490 e. The van der Waals surface area contributed by atoms with Crippen LogP contribution in [0.1, 0.15) is 57.8 Å². The number of ether oxygens (including phenoxy) is 1. The van der Waals surface area contributed by atoms with Crippen LogP contribution in [-0.2, 0) is 9.53 Å². The molecular weight excluding hydrogens is 224 g/mol. The number of Topliss-reactive ketones (excluding diaryl/α,β-unsaturated/α-hetero) is 1. The van der Waals surface area contributed by atoms with Crippen molar-refractivity contribution < 1.29 is 9.53 Å². The molecule has 1 heterocycles. The molecule has 2 fully saturated rings. The van der Waals surface area contributed by atoms with Crippen LogP contribution in [0.3, 0.4) is 0 Å². The quantitative estimate of drug-likeness (QED) is 0.742. The lowest BCUT2D eigenvalue weighted by Gasteiger charge is -2.39. The summed E-state index contributed by atoms with van der Waals surface area (Å²) in [5, 5.41) is 0. The molecule has 0 aromatic heterocycles. The number of allylic oxidation sites excluding steroid dienone is 2. The molecule has 0 bridgehead atoms. The van der Waals surface area contributed by atoms with Gasteiger partial charge in [0.25, 0.3) is 0 Å². The van der Waals surface area contributed by atoms with Crippen molar-refractivity contribution in [2.24, 2.45) is 17.8 Å². The van der Waals surface area contributed by atoms with Crippen LogP contribution in [0, 0.1) is 17.8 Å². The molecule has 3 unspecified atom stereocenters. The van der Waals surface area contributed by atoms with Crippen LogP contribution in [0.25, 0.3) is 0 Å². The van der Waals surface area contributed by atoms with E-state index in [2.05, 4.69) is 0 Å². The fourth-order valence-electron chi connectivity index (χ4n) is 4.04. The fourth-order valence-corrected chi connectivity index (χ4v) is 4.04. The van der Waals surface area contributed by atoms with Crippen molar-refractivity contribution in [3.8, 4) is 0 Å². The lowest BCUT2D eigenvalue weighted by atomic mass is 9.66. The molecule has 0 aromatic carbocycles. The molecule has 2 nitrogen and oxygen atoms in total. The van der Waals surface area contributed by atoms with E-state index in [4.69, 9.17) is 4.74 Å². The number of ketones is 1. The zero-order valence-electron chi connectivity index (χ0n) is 11.2. The highest BCUT2D eigenvalue weighted by Crippen LogP contribution is 2.43. The van der Waals surface area contributed by atoms with Gasteiger partial charge in [0.15, 0.2) is 11.5 Å². The first-order valence-corrected chi connectivity index (χ1v) is 7.72. The van der Waals surface area contributed by atoms with Gasteiger partial charge in [-0.05, 0) is 50.0 Å². The van der Waals surface area contributed by atoms with Gasteiger partial charge in [-0.15, -0.1) is 0 Å². The van der Waals surface area contributed by atoms with Crippen molar-refractivity contribution in [3.63, 3.8) is 0 Å². The van der Waals surface area contributed by atoms with E-state index >= 15 is 0 Å². The molecule has 2 saturated carbocycles. The lowest BCUT2D eigenvalue weighted by molar-refractivity contribution is -0.125. The molecule has 3 rings (SSSR count). The van der Waals surface area contributed by atoms with Crippen LogP contribution in [0.2, 0.25) is 0 Å². The summed E-state index contributed by atoms with van der Waals surface area (Å²) in [6.45, 7) is 0.732. The SMILES string of the molecule is O=C(C1=CCCCO1)C1CCC2CCCCC2C1. The molecule has 0 amide bonds. The third kappa shape index (κ3) is 2.48. The molecule has 3 atom stereocenters. The Morgan fingerprint density at radius 2 is 1.89 bits per heavy atom. The van der Waals surface area contributed by atoms with Gasteiger partial charge in [0.2, 0.25) is 0 Å². The molecule has 2 aliphatic carbocycles. The topological polar surface area (TPSA) is 26.3 Å². The average Bonchev–Trinajstić information content (AvgIpc) is 2.47. The van der Waals surface area contributed by atoms with Crippen molar-refractivity contribution >= 4 is 5.78 Å². The van der Waals surface area contributed by atoms with E-state index in [0.717, 1.165) is 44.1 Å². The van der Waals surface area contributed by atoms with Gasteiger partial charge in [0.1, 0.15) is 0 Å². The van der Waals surface area contributed by atoms with Gasteiger partial charge in [-0.3, -0.25) is 4.79 Å². The Morgan fingerprint density at radius 3 is 2.67 bits per heavy atom. The number of hydrogen-bond donors (Lipinski definition) is 0. The van der Waals surface area contributed by atoms with Gasteiger partial charge >= 0.3 is 0 Å². The Hall–Kier alpha value is -0.790. The highest BCUT2D eigenvalue weighted by Gasteiger charge is 2.36. The minimum absolute atomic E-state index is 0.258. The summed E-state index contributed by atoms with van der Waals surface area (Å²) in [7, 11) is 0. The molecule has 0 N–H and O–H groups in total. The summed E-state index contributed by atoms with van der Waals surface area (Å²) in [5.41, 5.74) is 0. The Labute approximate surface area is 110 Å². The van der Waals surface area contributed by atoms with Gasteiger partial charge in [0, 0.05) is 5.92 Å². The summed E-state index contributed by atoms with van der Waals surface area (Å²) >= 11 is 0. The third-order valence-electron chi connectivity index (χ3n) is 5.09. The second-order valence-corrected chi connectivity index (χ2v) is 6.24. The van der Waals surface area contributed by atoms with Crippen LogP contribution < -0.4 is 0 Å². The molecule has 3 aliphatic rings. The highest BCUT2D eigenvalue weighted by atomic mass is 16.5. The van der Waals surface area contributed by atoms with Gasteiger partial charge in [0.05, 0.1) is 6.61 Å². The van der Waals surface area contributed by atoms with Crippen LogP contribution in [0.15, 0.2) is 11.8 Å². The Morgan fingerprint density at radius 1 is 1.06 bits per heavy atom. The first-order chi connectivity index (χ1) is 8.84. The highest BCUT2D eigenvalue weighted by molar-refractivity contribution is 5.95. The van der Waals surface area contributed by atoms with Crippen molar-refractivity contribution in [1.82, 2.24) is 0 Å². The zero-order chi connectivity index (χ0) is 12.4. The van der Waals surface area contributed by atoms with E-state index in [9.17, 15) is 4.79 Å². The zero-order valence-corrected chi connectivity index (χ0v) is 11.2.